The van der Waals surface area contributed by atoms with Crippen LogP contribution in [0.15, 0.2) is 12.1 Å². The van der Waals surface area contributed by atoms with Gasteiger partial charge in [-0.3, -0.25) is 0 Å². The van der Waals surface area contributed by atoms with E-state index in [1.54, 1.807) is 0 Å². The normalized spacial score (nSPS) is 10.2. The second-order valence-corrected chi connectivity index (χ2v) is 3.45. The summed E-state index contributed by atoms with van der Waals surface area (Å²) in [6.45, 7) is 7.18. The molecule has 0 radical (unpaired) electrons. The SMILES string of the molecule is CCOc1cc(CC)c(CO)cc1OCC. The second-order valence-electron chi connectivity index (χ2n) is 3.45. The molecule has 0 amide bonds. The van der Waals surface area contributed by atoms with Crippen LogP contribution >= 0.6 is 0 Å². The first kappa shape index (κ1) is 12.8. The highest BCUT2D eigenvalue weighted by molar-refractivity contribution is 5.47. The van der Waals surface area contributed by atoms with Crippen LogP contribution in [0.4, 0.5) is 0 Å². The monoisotopic (exact) mass is 224 g/mol. The number of benzene rings is 1. The van der Waals surface area contributed by atoms with Crippen molar-refractivity contribution in [1.29, 1.82) is 0 Å². The Morgan fingerprint density at radius 3 is 1.81 bits per heavy atom. The van der Waals surface area contributed by atoms with Crippen LogP contribution < -0.4 is 9.47 Å². The van der Waals surface area contributed by atoms with Gasteiger partial charge in [-0.05, 0) is 43.5 Å². The zero-order chi connectivity index (χ0) is 12.0. The van der Waals surface area contributed by atoms with Crippen LogP contribution in [-0.2, 0) is 13.0 Å². The van der Waals surface area contributed by atoms with E-state index in [1.165, 1.54) is 0 Å². The van der Waals surface area contributed by atoms with Crippen LogP contribution in [0.5, 0.6) is 11.5 Å². The molecular weight excluding hydrogens is 204 g/mol. The summed E-state index contributed by atoms with van der Waals surface area (Å²) in [5.41, 5.74) is 2.02. The summed E-state index contributed by atoms with van der Waals surface area (Å²) in [6.07, 6.45) is 0.877. The largest absolute Gasteiger partial charge is 0.490 e. The Hall–Kier alpha value is -1.22. The smallest absolute Gasteiger partial charge is 0.161 e. The van der Waals surface area contributed by atoms with Gasteiger partial charge in [-0.2, -0.15) is 0 Å². The molecule has 1 N–H and O–H groups in total. The van der Waals surface area contributed by atoms with Gasteiger partial charge in [0.15, 0.2) is 11.5 Å². The zero-order valence-corrected chi connectivity index (χ0v) is 10.2. The molecule has 1 aromatic rings. The molecule has 0 unspecified atom stereocenters. The van der Waals surface area contributed by atoms with E-state index in [9.17, 15) is 5.11 Å². The molecule has 0 aliphatic rings. The maximum absolute atomic E-state index is 9.27. The lowest BCUT2D eigenvalue weighted by Gasteiger charge is -2.14. The van der Waals surface area contributed by atoms with E-state index in [1.807, 2.05) is 26.0 Å². The molecule has 0 aliphatic carbocycles. The molecular formula is C13H20O3. The van der Waals surface area contributed by atoms with Crippen LogP contribution in [-0.4, -0.2) is 18.3 Å². The van der Waals surface area contributed by atoms with Crippen LogP contribution in [0, 0.1) is 0 Å². The van der Waals surface area contributed by atoms with Crippen molar-refractivity contribution in [3.8, 4) is 11.5 Å². The van der Waals surface area contributed by atoms with Crippen LogP contribution in [0.25, 0.3) is 0 Å². The Morgan fingerprint density at radius 1 is 0.938 bits per heavy atom. The molecule has 1 aromatic carbocycles. The molecule has 0 aromatic heterocycles. The molecule has 0 saturated carbocycles. The molecule has 3 heteroatoms. The molecule has 3 nitrogen and oxygen atoms in total. The van der Waals surface area contributed by atoms with Crippen molar-refractivity contribution in [2.45, 2.75) is 33.8 Å². The van der Waals surface area contributed by atoms with Gasteiger partial charge in [-0.25, -0.2) is 0 Å². The van der Waals surface area contributed by atoms with Crippen molar-refractivity contribution < 1.29 is 14.6 Å². The number of rotatable bonds is 6. The Bertz CT molecular complexity index is 301. The molecule has 0 spiro atoms. The predicted octanol–water partition coefficient (Wildman–Crippen LogP) is 2.54. The van der Waals surface area contributed by atoms with Gasteiger partial charge in [-0.15, -0.1) is 0 Å². The average Bonchev–Trinajstić information content (AvgIpc) is 2.31. The summed E-state index contributed by atoms with van der Waals surface area (Å²) in [5, 5.41) is 9.27. The fourth-order valence-corrected chi connectivity index (χ4v) is 1.66. The first-order chi connectivity index (χ1) is 7.76. The van der Waals surface area contributed by atoms with Crippen molar-refractivity contribution >= 4 is 0 Å². The van der Waals surface area contributed by atoms with Crippen molar-refractivity contribution in [1.82, 2.24) is 0 Å². The van der Waals surface area contributed by atoms with Crippen LogP contribution in [0.2, 0.25) is 0 Å². The fraction of sp³-hybridized carbons (Fsp3) is 0.538. The van der Waals surface area contributed by atoms with E-state index < -0.39 is 0 Å². The molecule has 0 fully saturated rings. The summed E-state index contributed by atoms with van der Waals surface area (Å²) in [6, 6.07) is 3.83. The summed E-state index contributed by atoms with van der Waals surface area (Å²) in [4.78, 5) is 0. The molecule has 0 bridgehead atoms. The van der Waals surface area contributed by atoms with E-state index in [4.69, 9.17) is 9.47 Å². The van der Waals surface area contributed by atoms with Crippen molar-refractivity contribution in [3.05, 3.63) is 23.3 Å². The number of hydrogen-bond donors (Lipinski definition) is 1. The van der Waals surface area contributed by atoms with Crippen LogP contribution in [0.3, 0.4) is 0 Å². The number of ether oxygens (including phenoxy) is 2. The highest BCUT2D eigenvalue weighted by Crippen LogP contribution is 2.31. The Kier molecular flexibility index (Phi) is 5.12. The quantitative estimate of drug-likeness (QED) is 0.807. The average molecular weight is 224 g/mol. The highest BCUT2D eigenvalue weighted by atomic mass is 16.5. The summed E-state index contributed by atoms with van der Waals surface area (Å²) < 4.78 is 11.0. The minimum atomic E-state index is 0.0374. The van der Waals surface area contributed by atoms with Crippen molar-refractivity contribution in [3.63, 3.8) is 0 Å². The maximum atomic E-state index is 9.27. The lowest BCUT2D eigenvalue weighted by molar-refractivity contribution is 0.272. The highest BCUT2D eigenvalue weighted by Gasteiger charge is 2.10. The predicted molar refractivity (Wildman–Crippen MR) is 64.1 cm³/mol. The van der Waals surface area contributed by atoms with E-state index in [0.29, 0.717) is 19.0 Å². The van der Waals surface area contributed by atoms with Gasteiger partial charge >= 0.3 is 0 Å². The first-order valence-corrected chi connectivity index (χ1v) is 5.78. The molecule has 90 valence electrons. The van der Waals surface area contributed by atoms with E-state index >= 15 is 0 Å². The minimum Gasteiger partial charge on any atom is -0.490 e. The molecule has 1 rings (SSSR count). The standard InChI is InChI=1S/C13H20O3/c1-4-10-7-12(15-5-2)13(16-6-3)8-11(10)9-14/h7-8,14H,4-6,9H2,1-3H3. The number of aliphatic hydroxyl groups excluding tert-OH is 1. The summed E-state index contributed by atoms with van der Waals surface area (Å²) in [7, 11) is 0. The van der Waals surface area contributed by atoms with E-state index in [-0.39, 0.29) is 6.61 Å². The third-order valence-electron chi connectivity index (χ3n) is 2.42. The Labute approximate surface area is 97.0 Å². The molecule has 0 heterocycles. The molecule has 0 saturated heterocycles. The van der Waals surface area contributed by atoms with Gasteiger partial charge in [0.25, 0.3) is 0 Å². The Balaban J connectivity index is 3.12. The van der Waals surface area contributed by atoms with Crippen molar-refractivity contribution in [2.75, 3.05) is 13.2 Å². The number of aryl methyl sites for hydroxylation is 1. The molecule has 0 atom stereocenters. The van der Waals surface area contributed by atoms with E-state index in [2.05, 4.69) is 6.92 Å². The maximum Gasteiger partial charge on any atom is 0.161 e. The molecule has 16 heavy (non-hydrogen) atoms. The van der Waals surface area contributed by atoms with Crippen LogP contribution in [0.1, 0.15) is 31.9 Å². The second kappa shape index (κ2) is 6.38. The summed E-state index contributed by atoms with van der Waals surface area (Å²) >= 11 is 0. The minimum absolute atomic E-state index is 0.0374. The van der Waals surface area contributed by atoms with Gasteiger partial charge in [0, 0.05) is 0 Å². The van der Waals surface area contributed by atoms with E-state index in [0.717, 1.165) is 23.3 Å². The zero-order valence-electron chi connectivity index (χ0n) is 10.2. The fourth-order valence-electron chi connectivity index (χ4n) is 1.66. The van der Waals surface area contributed by atoms with Crippen molar-refractivity contribution in [2.24, 2.45) is 0 Å². The third kappa shape index (κ3) is 2.89. The number of hydrogen-bond acceptors (Lipinski definition) is 3. The lowest BCUT2D eigenvalue weighted by Crippen LogP contribution is -2.02. The van der Waals surface area contributed by atoms with Gasteiger partial charge in [0.05, 0.1) is 19.8 Å². The van der Waals surface area contributed by atoms with Gasteiger partial charge in [0.1, 0.15) is 0 Å². The summed E-state index contributed by atoms with van der Waals surface area (Å²) in [5.74, 6) is 1.48. The van der Waals surface area contributed by atoms with Gasteiger partial charge < -0.3 is 14.6 Å². The van der Waals surface area contributed by atoms with Gasteiger partial charge in [-0.1, -0.05) is 6.92 Å². The van der Waals surface area contributed by atoms with Gasteiger partial charge in [0.2, 0.25) is 0 Å². The lowest BCUT2D eigenvalue weighted by atomic mass is 10.0. The third-order valence-corrected chi connectivity index (χ3v) is 2.42. The Morgan fingerprint density at radius 2 is 1.44 bits per heavy atom. The topological polar surface area (TPSA) is 38.7 Å². The molecule has 0 aliphatic heterocycles. The first-order valence-electron chi connectivity index (χ1n) is 5.78. The number of aliphatic hydroxyl groups is 1.